The number of allylic oxidation sites excluding steroid dienone is 1. The van der Waals surface area contributed by atoms with Crippen molar-refractivity contribution in [3.63, 3.8) is 0 Å². The third kappa shape index (κ3) is 3.80. The van der Waals surface area contributed by atoms with Gasteiger partial charge in [-0.25, -0.2) is 0 Å². The van der Waals surface area contributed by atoms with Crippen molar-refractivity contribution >= 4 is 50.4 Å². The molecule has 170 valence electrons. The molecule has 1 heterocycles. The van der Waals surface area contributed by atoms with Crippen molar-refractivity contribution in [3.8, 4) is 11.5 Å². The summed E-state index contributed by atoms with van der Waals surface area (Å²) < 4.78 is 12.5. The molecule has 0 bridgehead atoms. The smallest absolute Gasteiger partial charge is 0.174 e. The Morgan fingerprint density at radius 2 is 1.91 bits per heavy atom. The Morgan fingerprint density at radius 1 is 1.12 bits per heavy atom. The van der Waals surface area contributed by atoms with Gasteiger partial charge in [0.25, 0.3) is 0 Å². The highest BCUT2D eigenvalue weighted by Crippen LogP contribution is 2.52. The molecule has 4 nitrogen and oxygen atoms in total. The normalized spacial score (nSPS) is 19.1. The molecular formula is C28H28INO3. The van der Waals surface area contributed by atoms with Crippen molar-refractivity contribution in [1.29, 1.82) is 0 Å². The summed E-state index contributed by atoms with van der Waals surface area (Å²) in [7, 11) is 1.66. The van der Waals surface area contributed by atoms with Gasteiger partial charge >= 0.3 is 0 Å². The van der Waals surface area contributed by atoms with Crippen molar-refractivity contribution < 1.29 is 14.3 Å². The van der Waals surface area contributed by atoms with Crippen LogP contribution in [-0.2, 0) is 4.79 Å². The van der Waals surface area contributed by atoms with Crippen LogP contribution < -0.4 is 14.8 Å². The molecule has 1 unspecified atom stereocenters. The van der Waals surface area contributed by atoms with E-state index in [0.29, 0.717) is 18.8 Å². The molecule has 1 aliphatic carbocycles. The van der Waals surface area contributed by atoms with Crippen LogP contribution in [0.15, 0.2) is 54.1 Å². The molecule has 3 aromatic carbocycles. The molecule has 0 spiro atoms. The minimum Gasteiger partial charge on any atom is -0.492 e. The van der Waals surface area contributed by atoms with Gasteiger partial charge in [-0.15, -0.1) is 0 Å². The Balaban J connectivity index is 1.76. The highest BCUT2D eigenvalue weighted by Gasteiger charge is 2.41. The lowest BCUT2D eigenvalue weighted by Crippen LogP contribution is -2.33. The van der Waals surface area contributed by atoms with Gasteiger partial charge in [0.05, 0.1) is 23.3 Å². The van der Waals surface area contributed by atoms with Crippen LogP contribution in [0.2, 0.25) is 0 Å². The summed E-state index contributed by atoms with van der Waals surface area (Å²) in [6.07, 6.45) is 1.43. The lowest BCUT2D eigenvalue weighted by Gasteiger charge is -2.40. The van der Waals surface area contributed by atoms with Crippen LogP contribution in [0.25, 0.3) is 16.3 Å². The first kappa shape index (κ1) is 22.3. The maximum absolute atomic E-state index is 13.6. The Morgan fingerprint density at radius 3 is 2.67 bits per heavy atom. The van der Waals surface area contributed by atoms with Crippen molar-refractivity contribution in [2.45, 2.75) is 39.7 Å². The number of halogens is 1. The van der Waals surface area contributed by atoms with E-state index in [1.54, 1.807) is 7.11 Å². The van der Waals surface area contributed by atoms with E-state index in [4.69, 9.17) is 9.47 Å². The van der Waals surface area contributed by atoms with Gasteiger partial charge < -0.3 is 14.8 Å². The topological polar surface area (TPSA) is 47.6 Å². The fraction of sp³-hybridized carbons (Fsp3) is 0.321. The number of rotatable bonds is 4. The molecule has 3 aromatic rings. The summed E-state index contributed by atoms with van der Waals surface area (Å²) in [4.78, 5) is 13.6. The van der Waals surface area contributed by atoms with Crippen LogP contribution >= 0.6 is 22.6 Å². The molecule has 1 N–H and O–H groups in total. The average Bonchev–Trinajstić information content (AvgIpc) is 2.77. The predicted octanol–water partition coefficient (Wildman–Crippen LogP) is 7.16. The molecule has 0 fully saturated rings. The standard InChI is InChI=1S/C28H28INO3/c1-5-33-23-13-17(12-20(29)27(23)32-4)26-25-19(14-28(2,3)15-22(25)31)24-18-9-7-6-8-16(18)10-11-21(24)30-26/h6-13,26,30H,5,14-15H2,1-4H3. The number of fused-ring (bicyclic) bond motifs is 4. The summed E-state index contributed by atoms with van der Waals surface area (Å²) in [5.74, 6) is 1.66. The zero-order valence-corrected chi connectivity index (χ0v) is 21.6. The zero-order valence-electron chi connectivity index (χ0n) is 19.4. The lowest BCUT2D eigenvalue weighted by atomic mass is 9.68. The molecule has 0 saturated heterocycles. The minimum absolute atomic E-state index is 0.0726. The highest BCUT2D eigenvalue weighted by molar-refractivity contribution is 14.1. The number of methoxy groups -OCH3 is 1. The molecular weight excluding hydrogens is 525 g/mol. The number of carbonyl (C=O) groups excluding carboxylic acids is 1. The number of Topliss-reactive ketones (excluding diaryl/α,β-unsaturated/α-hetero) is 1. The van der Waals surface area contributed by atoms with E-state index in [2.05, 4.69) is 84.2 Å². The Labute approximate surface area is 208 Å². The monoisotopic (exact) mass is 553 g/mol. The van der Waals surface area contributed by atoms with E-state index in [1.165, 1.54) is 21.9 Å². The Hall–Kier alpha value is -2.54. The molecule has 1 atom stereocenters. The fourth-order valence-corrected chi connectivity index (χ4v) is 6.15. The van der Waals surface area contributed by atoms with Crippen LogP contribution in [0.5, 0.6) is 11.5 Å². The number of ketones is 1. The van der Waals surface area contributed by atoms with Crippen molar-refractivity contribution in [1.82, 2.24) is 0 Å². The SMILES string of the molecule is CCOc1cc(C2Nc3ccc4ccccc4c3C3=C2C(=O)CC(C)(C)C3)cc(I)c1OC. The van der Waals surface area contributed by atoms with Crippen molar-refractivity contribution in [3.05, 3.63) is 68.8 Å². The number of anilines is 1. The van der Waals surface area contributed by atoms with Crippen LogP contribution in [0, 0.1) is 8.99 Å². The lowest BCUT2D eigenvalue weighted by molar-refractivity contribution is -0.118. The second-order valence-electron chi connectivity index (χ2n) is 9.59. The van der Waals surface area contributed by atoms with Gasteiger partial charge in [-0.2, -0.15) is 0 Å². The summed E-state index contributed by atoms with van der Waals surface area (Å²) in [5.41, 5.74) is 5.26. The second-order valence-corrected chi connectivity index (χ2v) is 10.7. The first-order chi connectivity index (χ1) is 15.8. The van der Waals surface area contributed by atoms with Gasteiger partial charge in [-0.1, -0.05) is 44.2 Å². The van der Waals surface area contributed by atoms with E-state index >= 15 is 0 Å². The third-order valence-electron chi connectivity index (χ3n) is 6.61. The van der Waals surface area contributed by atoms with E-state index in [-0.39, 0.29) is 17.2 Å². The van der Waals surface area contributed by atoms with Crippen LogP contribution in [0.4, 0.5) is 5.69 Å². The molecule has 0 amide bonds. The van der Waals surface area contributed by atoms with Crippen LogP contribution in [0.3, 0.4) is 0 Å². The number of hydrogen-bond acceptors (Lipinski definition) is 4. The molecule has 5 rings (SSSR count). The van der Waals surface area contributed by atoms with E-state index in [9.17, 15) is 4.79 Å². The molecule has 0 radical (unpaired) electrons. The van der Waals surface area contributed by atoms with Gasteiger partial charge in [0.2, 0.25) is 0 Å². The summed E-state index contributed by atoms with van der Waals surface area (Å²) in [6, 6.07) is 16.6. The Kier molecular flexibility index (Phi) is 5.63. The maximum Gasteiger partial charge on any atom is 0.174 e. The molecule has 0 aromatic heterocycles. The zero-order chi connectivity index (χ0) is 23.3. The summed E-state index contributed by atoms with van der Waals surface area (Å²) >= 11 is 2.28. The van der Waals surface area contributed by atoms with E-state index in [1.807, 2.05) is 13.0 Å². The molecule has 1 aliphatic heterocycles. The second kappa shape index (κ2) is 8.35. The van der Waals surface area contributed by atoms with E-state index in [0.717, 1.165) is 32.6 Å². The van der Waals surface area contributed by atoms with Gasteiger partial charge in [0.1, 0.15) is 0 Å². The molecule has 33 heavy (non-hydrogen) atoms. The maximum atomic E-state index is 13.6. The highest BCUT2D eigenvalue weighted by atomic mass is 127. The van der Waals surface area contributed by atoms with Crippen LogP contribution in [0.1, 0.15) is 50.8 Å². The van der Waals surface area contributed by atoms with Crippen molar-refractivity contribution in [2.24, 2.45) is 5.41 Å². The van der Waals surface area contributed by atoms with Gasteiger partial charge in [-0.05, 0) is 81.5 Å². The van der Waals surface area contributed by atoms with E-state index < -0.39 is 0 Å². The number of benzene rings is 3. The predicted molar refractivity (Wildman–Crippen MR) is 142 cm³/mol. The fourth-order valence-electron chi connectivity index (χ4n) is 5.30. The van der Waals surface area contributed by atoms with Gasteiger partial charge in [0, 0.05) is 23.2 Å². The third-order valence-corrected chi connectivity index (χ3v) is 7.41. The molecule has 2 aliphatic rings. The quantitative estimate of drug-likeness (QED) is 0.349. The number of hydrogen-bond donors (Lipinski definition) is 1. The molecule has 5 heteroatoms. The molecule has 0 saturated carbocycles. The largest absolute Gasteiger partial charge is 0.492 e. The summed E-state index contributed by atoms with van der Waals surface area (Å²) in [6.45, 7) is 6.90. The average molecular weight is 553 g/mol. The summed E-state index contributed by atoms with van der Waals surface area (Å²) in [5, 5.41) is 6.10. The first-order valence-corrected chi connectivity index (χ1v) is 12.5. The number of carbonyl (C=O) groups is 1. The number of nitrogens with one attached hydrogen (secondary N) is 1. The first-order valence-electron chi connectivity index (χ1n) is 11.4. The Bertz CT molecular complexity index is 1310. The van der Waals surface area contributed by atoms with Crippen molar-refractivity contribution in [2.75, 3.05) is 19.0 Å². The van der Waals surface area contributed by atoms with Crippen LogP contribution in [-0.4, -0.2) is 19.5 Å². The van der Waals surface area contributed by atoms with Gasteiger partial charge in [-0.3, -0.25) is 4.79 Å². The minimum atomic E-state index is -0.226. The number of ether oxygens (including phenoxy) is 2. The van der Waals surface area contributed by atoms with Gasteiger partial charge in [0.15, 0.2) is 17.3 Å².